The monoisotopic (exact) mass is 526 g/mol. The van der Waals surface area contributed by atoms with Gasteiger partial charge in [-0.15, -0.1) is 0 Å². The molecule has 0 saturated carbocycles. The number of fused-ring (bicyclic) bond motifs is 1. The molecule has 0 atom stereocenters. The Bertz CT molecular complexity index is 1590. The zero-order chi connectivity index (χ0) is 26.5. The number of carbonyl (C=O) groups excluding carboxylic acids is 1. The number of amides is 1. The molecule has 1 amide bonds. The highest BCUT2D eigenvalue weighted by Gasteiger charge is 2.14. The summed E-state index contributed by atoms with van der Waals surface area (Å²) in [6.45, 7) is 4.37. The first-order chi connectivity index (χ1) is 18.5. The first-order valence-electron chi connectivity index (χ1n) is 11.9. The normalized spacial score (nSPS) is 10.9. The number of carbonyl (C=O) groups is 1. The molecule has 9 nitrogen and oxygen atoms in total. The average Bonchev–Trinajstić information content (AvgIpc) is 3.36. The number of methoxy groups -OCH3 is 1. The number of hydrogen-bond acceptors (Lipinski definition) is 9. The molecule has 0 fully saturated rings. The number of thiazole rings is 1. The van der Waals surface area contributed by atoms with Crippen molar-refractivity contribution in [1.29, 1.82) is 0 Å². The summed E-state index contributed by atoms with van der Waals surface area (Å²) in [4.78, 5) is 30.5. The Morgan fingerprint density at radius 2 is 1.92 bits per heavy atom. The number of anilines is 2. The maximum atomic E-state index is 11.7. The fourth-order valence-electron chi connectivity index (χ4n) is 3.79. The standard InChI is InChI=1S/C28H26N6O3S/c1-17-11-21(8-10-23(17)37-22-9-7-18(2)29-14-22)33-26-25-28(32-16-31-26)38-27(34-25)20-6-4-5-19(12-20)13-30-24(35)15-36-3/h4-12,14,16H,13,15H2,1-3H3,(H,30,35)(H,31,32,33). The lowest BCUT2D eigenvalue weighted by molar-refractivity contribution is -0.124. The molecule has 0 radical (unpaired) electrons. The molecule has 0 aliphatic heterocycles. The summed E-state index contributed by atoms with van der Waals surface area (Å²) in [5.74, 6) is 1.90. The first kappa shape index (κ1) is 25.2. The van der Waals surface area contributed by atoms with Crippen LogP contribution in [0.5, 0.6) is 11.5 Å². The van der Waals surface area contributed by atoms with E-state index in [0.717, 1.165) is 43.7 Å². The summed E-state index contributed by atoms with van der Waals surface area (Å²) in [6.07, 6.45) is 3.24. The van der Waals surface area contributed by atoms with Crippen LogP contribution < -0.4 is 15.4 Å². The van der Waals surface area contributed by atoms with Gasteiger partial charge in [-0.1, -0.05) is 29.5 Å². The maximum Gasteiger partial charge on any atom is 0.246 e. The highest BCUT2D eigenvalue weighted by molar-refractivity contribution is 7.21. The number of nitrogens with zero attached hydrogens (tertiary/aromatic N) is 4. The Balaban J connectivity index is 1.34. The van der Waals surface area contributed by atoms with Crippen molar-refractivity contribution in [2.75, 3.05) is 19.0 Å². The van der Waals surface area contributed by atoms with Crippen molar-refractivity contribution < 1.29 is 14.3 Å². The van der Waals surface area contributed by atoms with E-state index in [4.69, 9.17) is 14.5 Å². The van der Waals surface area contributed by atoms with E-state index in [1.54, 1.807) is 6.20 Å². The third-order valence-corrected chi connectivity index (χ3v) is 6.70. The molecule has 3 heterocycles. The summed E-state index contributed by atoms with van der Waals surface area (Å²) in [7, 11) is 1.49. The quantitative estimate of drug-likeness (QED) is 0.257. The van der Waals surface area contributed by atoms with Gasteiger partial charge in [0.2, 0.25) is 5.91 Å². The zero-order valence-electron chi connectivity index (χ0n) is 21.2. The van der Waals surface area contributed by atoms with Crippen molar-refractivity contribution in [3.05, 3.63) is 83.9 Å². The van der Waals surface area contributed by atoms with Crippen molar-refractivity contribution >= 4 is 39.1 Å². The molecule has 2 N–H and O–H groups in total. The predicted octanol–water partition coefficient (Wildman–Crippen LogP) is 5.56. The highest BCUT2D eigenvalue weighted by atomic mass is 32.1. The molecule has 5 aromatic rings. The van der Waals surface area contributed by atoms with Crippen LogP contribution in [0.1, 0.15) is 16.8 Å². The van der Waals surface area contributed by atoms with Gasteiger partial charge >= 0.3 is 0 Å². The SMILES string of the molecule is COCC(=O)NCc1cccc(-c2nc3c(Nc4ccc(Oc5ccc(C)nc5)c(C)c4)ncnc3s2)c1. The first-order valence-corrected chi connectivity index (χ1v) is 12.7. The molecule has 0 bridgehead atoms. The summed E-state index contributed by atoms with van der Waals surface area (Å²) >= 11 is 1.49. The average molecular weight is 527 g/mol. The van der Waals surface area contributed by atoms with Crippen LogP contribution in [0.4, 0.5) is 11.5 Å². The molecule has 0 unspecified atom stereocenters. The second kappa shape index (κ2) is 11.3. The van der Waals surface area contributed by atoms with Gasteiger partial charge in [0.15, 0.2) is 5.82 Å². The van der Waals surface area contributed by atoms with Crippen molar-refractivity contribution in [1.82, 2.24) is 25.3 Å². The minimum Gasteiger partial charge on any atom is -0.455 e. The lowest BCUT2D eigenvalue weighted by Gasteiger charge is -2.11. The number of hydrogen-bond donors (Lipinski definition) is 2. The van der Waals surface area contributed by atoms with Crippen molar-refractivity contribution in [2.45, 2.75) is 20.4 Å². The molecule has 2 aromatic carbocycles. The Morgan fingerprint density at radius 1 is 1.03 bits per heavy atom. The lowest BCUT2D eigenvalue weighted by atomic mass is 10.1. The number of benzene rings is 2. The topological polar surface area (TPSA) is 111 Å². The molecule has 5 rings (SSSR count). The summed E-state index contributed by atoms with van der Waals surface area (Å²) < 4.78 is 10.9. The summed E-state index contributed by atoms with van der Waals surface area (Å²) in [6, 6.07) is 17.6. The van der Waals surface area contributed by atoms with Crippen molar-refractivity contribution in [3.63, 3.8) is 0 Å². The second-order valence-corrected chi connectivity index (χ2v) is 9.63. The van der Waals surface area contributed by atoms with Crippen molar-refractivity contribution in [2.24, 2.45) is 0 Å². The molecule has 0 spiro atoms. The Morgan fingerprint density at radius 3 is 2.71 bits per heavy atom. The predicted molar refractivity (Wildman–Crippen MR) is 148 cm³/mol. The van der Waals surface area contributed by atoms with E-state index in [1.165, 1.54) is 24.8 Å². The fraction of sp³-hybridized carbons (Fsp3) is 0.179. The maximum absolute atomic E-state index is 11.7. The van der Waals surface area contributed by atoms with Gasteiger partial charge in [0, 0.05) is 30.6 Å². The van der Waals surface area contributed by atoms with Gasteiger partial charge in [-0.2, -0.15) is 0 Å². The van der Waals surface area contributed by atoms with Crippen LogP contribution in [0.3, 0.4) is 0 Å². The van der Waals surface area contributed by atoms with Crippen LogP contribution in [0, 0.1) is 13.8 Å². The lowest BCUT2D eigenvalue weighted by Crippen LogP contribution is -2.26. The van der Waals surface area contributed by atoms with E-state index >= 15 is 0 Å². The largest absolute Gasteiger partial charge is 0.455 e. The van der Waals surface area contributed by atoms with E-state index in [0.29, 0.717) is 23.6 Å². The minimum atomic E-state index is -0.161. The minimum absolute atomic E-state index is 0.0332. The third kappa shape index (κ3) is 5.93. The molecular weight excluding hydrogens is 500 g/mol. The molecule has 0 aliphatic carbocycles. The number of ether oxygens (including phenoxy) is 2. The van der Waals surface area contributed by atoms with Crippen LogP contribution in [0.15, 0.2) is 67.1 Å². The smallest absolute Gasteiger partial charge is 0.246 e. The molecule has 192 valence electrons. The van der Waals surface area contributed by atoms with Gasteiger partial charge in [0.25, 0.3) is 0 Å². The zero-order valence-corrected chi connectivity index (χ0v) is 22.0. The third-order valence-electron chi connectivity index (χ3n) is 5.68. The Hall–Kier alpha value is -4.41. The van der Waals surface area contributed by atoms with Crippen molar-refractivity contribution in [3.8, 4) is 22.1 Å². The summed E-state index contributed by atoms with van der Waals surface area (Å²) in [5, 5.41) is 7.03. The van der Waals surface area contributed by atoms with Crippen LogP contribution in [-0.4, -0.2) is 39.6 Å². The van der Waals surface area contributed by atoms with Gasteiger partial charge < -0.3 is 20.1 Å². The number of aryl methyl sites for hydroxylation is 2. The van der Waals surface area contributed by atoms with Crippen LogP contribution in [0.25, 0.3) is 20.9 Å². The fourth-order valence-corrected chi connectivity index (χ4v) is 4.69. The molecule has 10 heteroatoms. The van der Waals surface area contributed by atoms with E-state index < -0.39 is 0 Å². The van der Waals surface area contributed by atoms with E-state index in [9.17, 15) is 4.79 Å². The van der Waals surface area contributed by atoms with Gasteiger partial charge in [-0.3, -0.25) is 9.78 Å². The second-order valence-electron chi connectivity index (χ2n) is 8.65. The van der Waals surface area contributed by atoms with Crippen LogP contribution in [0.2, 0.25) is 0 Å². The number of aromatic nitrogens is 4. The van der Waals surface area contributed by atoms with E-state index in [-0.39, 0.29) is 12.5 Å². The Kier molecular flexibility index (Phi) is 7.52. The highest BCUT2D eigenvalue weighted by Crippen LogP contribution is 2.34. The molecular formula is C28H26N6O3S. The molecule has 38 heavy (non-hydrogen) atoms. The number of rotatable bonds is 9. The van der Waals surface area contributed by atoms with E-state index in [1.807, 2.05) is 68.4 Å². The van der Waals surface area contributed by atoms with Crippen LogP contribution in [-0.2, 0) is 16.1 Å². The number of nitrogens with one attached hydrogen (secondary N) is 2. The molecule has 0 aliphatic rings. The van der Waals surface area contributed by atoms with E-state index in [2.05, 4.69) is 25.6 Å². The Labute approximate surface area is 223 Å². The summed E-state index contributed by atoms with van der Waals surface area (Å²) in [5.41, 5.74) is 5.37. The van der Waals surface area contributed by atoms with Gasteiger partial charge in [0.1, 0.15) is 39.8 Å². The van der Waals surface area contributed by atoms with Gasteiger partial charge in [-0.25, -0.2) is 15.0 Å². The van der Waals surface area contributed by atoms with Gasteiger partial charge in [0.05, 0.1) is 6.20 Å². The number of pyridine rings is 1. The van der Waals surface area contributed by atoms with Gasteiger partial charge in [-0.05, 0) is 61.4 Å². The molecule has 3 aromatic heterocycles. The van der Waals surface area contributed by atoms with Crippen LogP contribution >= 0.6 is 11.3 Å². The molecule has 0 saturated heterocycles.